The topological polar surface area (TPSA) is 54.4 Å². The van der Waals surface area contributed by atoms with Crippen LogP contribution >= 0.6 is 12.6 Å². The van der Waals surface area contributed by atoms with E-state index >= 15 is 0 Å². The first kappa shape index (κ1) is 15.5. The zero-order chi connectivity index (χ0) is 12.9. The van der Waals surface area contributed by atoms with E-state index in [2.05, 4.69) is 12.6 Å². The third-order valence-electron chi connectivity index (χ3n) is 2.06. The Morgan fingerprint density at radius 2 is 1.75 bits per heavy atom. The lowest BCUT2D eigenvalue weighted by Gasteiger charge is -2.08. The van der Waals surface area contributed by atoms with Gasteiger partial charge in [0, 0.05) is 5.75 Å². The van der Waals surface area contributed by atoms with E-state index in [1.54, 1.807) is 13.8 Å². The van der Waals surface area contributed by atoms with E-state index < -0.39 is 10.1 Å². The molecule has 0 aromatic heterocycles. The predicted octanol–water partition coefficient (Wildman–Crippen LogP) is 3.01. The summed E-state index contributed by atoms with van der Waals surface area (Å²) in [5, 5.41) is 0. The fraction of sp³-hybridized carbons (Fsp3) is 0.455. The fourth-order valence-electron chi connectivity index (χ4n) is 1.33. The van der Waals surface area contributed by atoms with Crippen molar-refractivity contribution in [2.24, 2.45) is 0 Å². The highest BCUT2D eigenvalue weighted by Crippen LogP contribution is 2.22. The average molecular weight is 262 g/mol. The smallest absolute Gasteiger partial charge is 0.282 e. The maximum absolute atomic E-state index is 11.0. The van der Waals surface area contributed by atoms with Crippen LogP contribution in [0.3, 0.4) is 0 Å². The largest absolute Gasteiger partial charge is 0.294 e. The maximum atomic E-state index is 11.0. The molecule has 0 radical (unpaired) electrons. The molecule has 0 spiro atoms. The van der Waals surface area contributed by atoms with Crippen molar-refractivity contribution in [1.29, 1.82) is 0 Å². The van der Waals surface area contributed by atoms with Gasteiger partial charge in [-0.2, -0.15) is 21.0 Å². The lowest BCUT2D eigenvalue weighted by molar-refractivity contribution is 0.482. The third kappa shape index (κ3) is 3.81. The van der Waals surface area contributed by atoms with Gasteiger partial charge in [-0.3, -0.25) is 4.55 Å². The highest BCUT2D eigenvalue weighted by molar-refractivity contribution is 7.85. The highest BCUT2D eigenvalue weighted by Gasteiger charge is 2.15. The van der Waals surface area contributed by atoms with Gasteiger partial charge >= 0.3 is 0 Å². The number of benzene rings is 1. The fourth-order valence-corrected chi connectivity index (χ4v) is 2.51. The molecule has 0 saturated heterocycles. The molecule has 1 aromatic carbocycles. The Bertz CT molecular complexity index is 451. The van der Waals surface area contributed by atoms with Crippen LogP contribution in [0.1, 0.15) is 30.5 Å². The predicted molar refractivity (Wildman–Crippen MR) is 69.8 cm³/mol. The minimum absolute atomic E-state index is 0.0263. The van der Waals surface area contributed by atoms with Crippen molar-refractivity contribution in [3.63, 3.8) is 0 Å². The lowest BCUT2D eigenvalue weighted by atomic mass is 10.1. The Morgan fingerprint density at radius 1 is 1.25 bits per heavy atom. The van der Waals surface area contributed by atoms with E-state index in [1.165, 1.54) is 6.07 Å². The second-order valence-electron chi connectivity index (χ2n) is 3.18. The van der Waals surface area contributed by atoms with Crippen molar-refractivity contribution < 1.29 is 13.0 Å². The molecule has 0 unspecified atom stereocenters. The SMILES string of the molecule is CC.Cc1cc(CS)c(C)c(S(=O)(=O)O)c1. The van der Waals surface area contributed by atoms with Crippen LogP contribution < -0.4 is 0 Å². The van der Waals surface area contributed by atoms with E-state index in [9.17, 15) is 8.42 Å². The van der Waals surface area contributed by atoms with E-state index in [0.717, 1.165) is 11.1 Å². The van der Waals surface area contributed by atoms with Crippen LogP contribution in [0.2, 0.25) is 0 Å². The Kier molecular flexibility index (Phi) is 6.07. The average Bonchev–Trinajstić information content (AvgIpc) is 2.22. The number of rotatable bonds is 2. The van der Waals surface area contributed by atoms with Crippen LogP contribution in [-0.4, -0.2) is 13.0 Å². The van der Waals surface area contributed by atoms with Crippen molar-refractivity contribution in [3.05, 3.63) is 28.8 Å². The summed E-state index contributed by atoms with van der Waals surface area (Å²) in [6.45, 7) is 7.44. The molecule has 0 aliphatic carbocycles. The Morgan fingerprint density at radius 3 is 2.12 bits per heavy atom. The van der Waals surface area contributed by atoms with Gasteiger partial charge in [0.25, 0.3) is 10.1 Å². The molecular weight excluding hydrogens is 244 g/mol. The van der Waals surface area contributed by atoms with Crippen LogP contribution in [0.25, 0.3) is 0 Å². The van der Waals surface area contributed by atoms with Gasteiger partial charge in [0.2, 0.25) is 0 Å². The number of hydrogen-bond donors (Lipinski definition) is 2. The van der Waals surface area contributed by atoms with Crippen LogP contribution in [-0.2, 0) is 15.9 Å². The first-order chi connectivity index (χ1) is 7.36. The molecule has 1 N–H and O–H groups in total. The molecule has 5 heteroatoms. The summed E-state index contributed by atoms with van der Waals surface area (Å²) >= 11 is 4.09. The third-order valence-corrected chi connectivity index (χ3v) is 3.38. The summed E-state index contributed by atoms with van der Waals surface area (Å²) < 4.78 is 31.0. The van der Waals surface area contributed by atoms with E-state index in [4.69, 9.17) is 4.55 Å². The van der Waals surface area contributed by atoms with Gasteiger partial charge in [0.05, 0.1) is 4.90 Å². The normalized spacial score (nSPS) is 10.6. The molecule has 0 aliphatic heterocycles. The van der Waals surface area contributed by atoms with E-state index in [0.29, 0.717) is 11.3 Å². The molecule has 0 amide bonds. The van der Waals surface area contributed by atoms with Crippen molar-refractivity contribution in [2.75, 3.05) is 0 Å². The molecule has 0 aliphatic rings. The second kappa shape index (κ2) is 6.27. The van der Waals surface area contributed by atoms with E-state index in [1.807, 2.05) is 19.9 Å². The van der Waals surface area contributed by atoms with Gasteiger partial charge in [-0.05, 0) is 36.6 Å². The monoisotopic (exact) mass is 262 g/mol. The first-order valence-electron chi connectivity index (χ1n) is 5.04. The lowest BCUT2D eigenvalue weighted by Crippen LogP contribution is -2.03. The van der Waals surface area contributed by atoms with Gasteiger partial charge in [0.1, 0.15) is 0 Å². The number of hydrogen-bond acceptors (Lipinski definition) is 3. The minimum atomic E-state index is -4.12. The van der Waals surface area contributed by atoms with Gasteiger partial charge in [-0.25, -0.2) is 0 Å². The Labute approximate surface area is 103 Å². The van der Waals surface area contributed by atoms with Crippen LogP contribution in [0.4, 0.5) is 0 Å². The standard InChI is InChI=1S/C9H12O3S2.C2H6/c1-6-3-8(5-13)7(2)9(4-6)14(10,11)12;1-2/h3-4,13H,5H2,1-2H3,(H,10,11,12);1-2H3. The van der Waals surface area contributed by atoms with Gasteiger partial charge in [-0.15, -0.1) is 0 Å². The summed E-state index contributed by atoms with van der Waals surface area (Å²) in [4.78, 5) is -0.0263. The van der Waals surface area contributed by atoms with Crippen LogP contribution in [0, 0.1) is 13.8 Å². The number of aryl methyl sites for hydroxylation is 1. The van der Waals surface area contributed by atoms with Crippen molar-refractivity contribution in [1.82, 2.24) is 0 Å². The molecule has 0 heterocycles. The molecule has 3 nitrogen and oxygen atoms in total. The van der Waals surface area contributed by atoms with Gasteiger partial charge in [-0.1, -0.05) is 19.9 Å². The summed E-state index contributed by atoms with van der Waals surface area (Å²) in [5.41, 5.74) is 2.18. The number of thiol groups is 1. The zero-order valence-corrected chi connectivity index (χ0v) is 11.7. The molecule has 0 fully saturated rings. The van der Waals surface area contributed by atoms with Crippen molar-refractivity contribution in [3.8, 4) is 0 Å². The molecule has 0 saturated carbocycles. The van der Waals surface area contributed by atoms with E-state index in [-0.39, 0.29) is 4.90 Å². The Balaban J connectivity index is 0.00000106. The summed E-state index contributed by atoms with van der Waals surface area (Å²) in [6, 6.07) is 3.31. The Hall–Kier alpha value is -0.520. The van der Waals surface area contributed by atoms with Crippen molar-refractivity contribution in [2.45, 2.75) is 38.3 Å². The maximum Gasteiger partial charge on any atom is 0.294 e. The molecular formula is C11H18O3S2. The van der Waals surface area contributed by atoms with Crippen LogP contribution in [0.5, 0.6) is 0 Å². The quantitative estimate of drug-likeness (QED) is 0.636. The first-order valence-corrected chi connectivity index (χ1v) is 7.12. The van der Waals surface area contributed by atoms with Crippen molar-refractivity contribution >= 4 is 22.7 Å². The summed E-state index contributed by atoms with van der Waals surface area (Å²) in [5.74, 6) is 0.454. The minimum Gasteiger partial charge on any atom is -0.282 e. The summed E-state index contributed by atoms with van der Waals surface area (Å²) in [6.07, 6.45) is 0. The molecule has 0 bridgehead atoms. The zero-order valence-electron chi connectivity index (χ0n) is 9.98. The summed E-state index contributed by atoms with van der Waals surface area (Å²) in [7, 11) is -4.12. The molecule has 92 valence electrons. The van der Waals surface area contributed by atoms with Gasteiger partial charge < -0.3 is 0 Å². The molecule has 1 aromatic rings. The second-order valence-corrected chi connectivity index (χ2v) is 4.89. The van der Waals surface area contributed by atoms with Crippen LogP contribution in [0.15, 0.2) is 17.0 Å². The molecule has 16 heavy (non-hydrogen) atoms. The van der Waals surface area contributed by atoms with Gasteiger partial charge in [0.15, 0.2) is 0 Å². The molecule has 1 rings (SSSR count). The molecule has 0 atom stereocenters. The highest BCUT2D eigenvalue weighted by atomic mass is 32.2.